The molecule has 0 fully saturated rings. The van der Waals surface area contributed by atoms with Crippen molar-refractivity contribution in [1.82, 2.24) is 5.16 Å². The minimum Gasteiger partial charge on any atom is -0.359 e. The average molecular weight is 192 g/mol. The van der Waals surface area contributed by atoms with E-state index in [0.29, 0.717) is 11.5 Å². The van der Waals surface area contributed by atoms with Crippen molar-refractivity contribution in [3.63, 3.8) is 0 Å². The van der Waals surface area contributed by atoms with Gasteiger partial charge in [-0.2, -0.15) is 8.42 Å². The van der Waals surface area contributed by atoms with Crippen molar-refractivity contribution in [1.29, 1.82) is 0 Å². The fourth-order valence-corrected chi connectivity index (χ4v) is 0.905. The van der Waals surface area contributed by atoms with Gasteiger partial charge in [0.05, 0.1) is 5.69 Å². The van der Waals surface area contributed by atoms with Crippen molar-refractivity contribution in [2.75, 3.05) is 0 Å². The Hall–Kier alpha value is -0.920. The van der Waals surface area contributed by atoms with Gasteiger partial charge in [0.15, 0.2) is 5.76 Å². The highest BCUT2D eigenvalue weighted by molar-refractivity contribution is 7.84. The first-order chi connectivity index (χ1) is 5.47. The quantitative estimate of drug-likeness (QED) is 0.709. The molecule has 0 spiro atoms. The van der Waals surface area contributed by atoms with E-state index < -0.39 is 10.3 Å². The SMILES string of the molecule is Cc1cc(COS(N)(=O)=O)on1. The van der Waals surface area contributed by atoms with E-state index in [0.717, 1.165) is 0 Å². The standard InChI is InChI=1S/C5H8N2O4S/c1-4-2-5(11-7-4)3-10-12(6,8)9/h2H,3H2,1H3,(H2,6,8,9). The van der Waals surface area contributed by atoms with Gasteiger partial charge in [0.2, 0.25) is 0 Å². The summed E-state index contributed by atoms with van der Waals surface area (Å²) in [7, 11) is -3.90. The fourth-order valence-electron chi connectivity index (χ4n) is 0.625. The van der Waals surface area contributed by atoms with E-state index in [1.165, 1.54) is 0 Å². The molecule has 0 saturated heterocycles. The van der Waals surface area contributed by atoms with Crippen molar-refractivity contribution in [2.24, 2.45) is 5.14 Å². The zero-order valence-electron chi connectivity index (χ0n) is 6.35. The molecule has 1 aromatic heterocycles. The Bertz CT molecular complexity index is 355. The Morgan fingerprint density at radius 1 is 1.75 bits per heavy atom. The van der Waals surface area contributed by atoms with Gasteiger partial charge in [0.1, 0.15) is 6.61 Å². The maximum Gasteiger partial charge on any atom is 0.333 e. The zero-order valence-corrected chi connectivity index (χ0v) is 7.17. The van der Waals surface area contributed by atoms with Crippen LogP contribution in [0.2, 0.25) is 0 Å². The number of nitrogens with zero attached hydrogens (tertiary/aromatic N) is 1. The predicted octanol–water partition coefficient (Wildman–Crippen LogP) is -0.297. The van der Waals surface area contributed by atoms with E-state index in [4.69, 9.17) is 0 Å². The Balaban J connectivity index is 2.55. The van der Waals surface area contributed by atoms with Gasteiger partial charge in [-0.05, 0) is 6.92 Å². The van der Waals surface area contributed by atoms with Crippen LogP contribution in [0.5, 0.6) is 0 Å². The van der Waals surface area contributed by atoms with Crippen molar-refractivity contribution < 1.29 is 17.1 Å². The van der Waals surface area contributed by atoms with Crippen LogP contribution in [-0.2, 0) is 21.1 Å². The number of hydrogen-bond acceptors (Lipinski definition) is 5. The van der Waals surface area contributed by atoms with Crippen LogP contribution in [0.25, 0.3) is 0 Å². The van der Waals surface area contributed by atoms with E-state index in [2.05, 4.69) is 19.0 Å². The molecule has 0 aliphatic rings. The first-order valence-corrected chi connectivity index (χ1v) is 4.54. The second-order valence-corrected chi connectivity index (χ2v) is 3.41. The van der Waals surface area contributed by atoms with Crippen LogP contribution >= 0.6 is 0 Å². The number of rotatable bonds is 3. The summed E-state index contributed by atoms with van der Waals surface area (Å²) >= 11 is 0. The third kappa shape index (κ3) is 2.99. The summed E-state index contributed by atoms with van der Waals surface area (Å²) in [5.74, 6) is 0.321. The second-order valence-electron chi connectivity index (χ2n) is 2.19. The lowest BCUT2D eigenvalue weighted by atomic mass is 10.4. The summed E-state index contributed by atoms with van der Waals surface area (Å²) < 4.78 is 29.5. The minimum absolute atomic E-state index is 0.223. The van der Waals surface area contributed by atoms with Crippen LogP contribution < -0.4 is 5.14 Å². The molecule has 0 aromatic carbocycles. The molecule has 0 bridgehead atoms. The van der Waals surface area contributed by atoms with Gasteiger partial charge < -0.3 is 4.52 Å². The van der Waals surface area contributed by atoms with E-state index >= 15 is 0 Å². The van der Waals surface area contributed by atoms with Crippen LogP contribution in [0.1, 0.15) is 11.5 Å². The number of nitrogens with two attached hydrogens (primary N) is 1. The van der Waals surface area contributed by atoms with E-state index in [9.17, 15) is 8.42 Å². The molecule has 0 amide bonds. The lowest BCUT2D eigenvalue weighted by Gasteiger charge is -1.94. The molecule has 1 rings (SSSR count). The van der Waals surface area contributed by atoms with Crippen LogP contribution in [0.3, 0.4) is 0 Å². The molecule has 0 saturated carbocycles. The predicted molar refractivity (Wildman–Crippen MR) is 39.1 cm³/mol. The second kappa shape index (κ2) is 3.21. The van der Waals surface area contributed by atoms with Crippen LogP contribution in [0, 0.1) is 6.92 Å². The summed E-state index contributed by atoms with van der Waals surface area (Å²) in [6, 6.07) is 1.56. The Morgan fingerprint density at radius 3 is 2.83 bits per heavy atom. The number of aryl methyl sites for hydroxylation is 1. The van der Waals surface area contributed by atoms with Gasteiger partial charge in [-0.1, -0.05) is 5.16 Å². The van der Waals surface area contributed by atoms with E-state index in [1.807, 2.05) is 0 Å². The zero-order chi connectivity index (χ0) is 9.19. The molecule has 2 N–H and O–H groups in total. The molecule has 1 heterocycles. The minimum atomic E-state index is -3.90. The Morgan fingerprint density at radius 2 is 2.42 bits per heavy atom. The van der Waals surface area contributed by atoms with Crippen LogP contribution in [0.4, 0.5) is 0 Å². The first kappa shape index (κ1) is 9.17. The smallest absolute Gasteiger partial charge is 0.333 e. The summed E-state index contributed by atoms with van der Waals surface area (Å²) in [4.78, 5) is 0. The molecule has 7 heteroatoms. The Labute approximate surface area is 69.5 Å². The fraction of sp³-hybridized carbons (Fsp3) is 0.400. The number of hydrogen-bond donors (Lipinski definition) is 1. The van der Waals surface area contributed by atoms with Gasteiger partial charge in [0.25, 0.3) is 0 Å². The van der Waals surface area contributed by atoms with Gasteiger partial charge in [-0.15, -0.1) is 0 Å². The van der Waals surface area contributed by atoms with E-state index in [-0.39, 0.29) is 6.61 Å². The highest BCUT2D eigenvalue weighted by Crippen LogP contribution is 2.04. The van der Waals surface area contributed by atoms with Crippen molar-refractivity contribution in [2.45, 2.75) is 13.5 Å². The summed E-state index contributed by atoms with van der Waals surface area (Å²) in [5, 5.41) is 8.10. The molecule has 0 atom stereocenters. The molecule has 68 valence electrons. The third-order valence-electron chi connectivity index (χ3n) is 1.04. The molecule has 0 radical (unpaired) electrons. The molecular formula is C5H8N2O4S. The van der Waals surface area contributed by atoms with E-state index in [1.54, 1.807) is 13.0 Å². The molecular weight excluding hydrogens is 184 g/mol. The van der Waals surface area contributed by atoms with Crippen molar-refractivity contribution >= 4 is 10.3 Å². The highest BCUT2D eigenvalue weighted by atomic mass is 32.2. The van der Waals surface area contributed by atoms with Crippen molar-refractivity contribution in [3.8, 4) is 0 Å². The lowest BCUT2D eigenvalue weighted by Crippen LogP contribution is -2.15. The average Bonchev–Trinajstić information content (AvgIpc) is 2.30. The summed E-state index contributed by atoms with van der Waals surface area (Å²) in [6.07, 6.45) is 0. The molecule has 12 heavy (non-hydrogen) atoms. The van der Waals surface area contributed by atoms with Crippen LogP contribution in [-0.4, -0.2) is 13.6 Å². The Kier molecular flexibility index (Phi) is 2.46. The molecule has 6 nitrogen and oxygen atoms in total. The third-order valence-corrected chi connectivity index (χ3v) is 1.49. The summed E-state index contributed by atoms with van der Waals surface area (Å²) in [5.41, 5.74) is 0.656. The molecule has 0 aliphatic heterocycles. The van der Waals surface area contributed by atoms with Gasteiger partial charge in [-0.25, -0.2) is 9.32 Å². The van der Waals surface area contributed by atoms with Gasteiger partial charge in [-0.3, -0.25) is 0 Å². The molecule has 1 aromatic rings. The monoisotopic (exact) mass is 192 g/mol. The van der Waals surface area contributed by atoms with Gasteiger partial charge >= 0.3 is 10.3 Å². The maximum atomic E-state index is 10.3. The van der Waals surface area contributed by atoms with Gasteiger partial charge in [0, 0.05) is 6.07 Å². The largest absolute Gasteiger partial charge is 0.359 e. The lowest BCUT2D eigenvalue weighted by molar-refractivity contribution is 0.253. The first-order valence-electron chi connectivity index (χ1n) is 3.07. The highest BCUT2D eigenvalue weighted by Gasteiger charge is 2.06. The number of aromatic nitrogens is 1. The van der Waals surface area contributed by atoms with Crippen molar-refractivity contribution in [3.05, 3.63) is 17.5 Å². The topological polar surface area (TPSA) is 95.4 Å². The van der Waals surface area contributed by atoms with Crippen LogP contribution in [0.15, 0.2) is 10.6 Å². The normalized spacial score (nSPS) is 11.8. The maximum absolute atomic E-state index is 10.3. The molecule has 0 unspecified atom stereocenters. The summed E-state index contributed by atoms with van der Waals surface area (Å²) in [6.45, 7) is 1.49. The molecule has 0 aliphatic carbocycles.